The smallest absolute Gasteiger partial charge is 0.337 e. The summed E-state index contributed by atoms with van der Waals surface area (Å²) in [7, 11) is 0. The number of thiazole rings is 1. The molecule has 0 unspecified atom stereocenters. The minimum Gasteiger partial charge on any atom is -0.337 e. The molecular weight excluding hydrogens is 467 g/mol. The Kier molecular flexibility index (Phi) is 6.73. The summed E-state index contributed by atoms with van der Waals surface area (Å²) < 4.78 is 40.7. The van der Waals surface area contributed by atoms with Crippen LogP contribution in [0.2, 0.25) is 0 Å². The lowest BCUT2D eigenvalue weighted by Gasteiger charge is -2.08. The quantitative estimate of drug-likeness (QED) is 0.372. The zero-order valence-corrected chi connectivity index (χ0v) is 18.4. The third-order valence-corrected chi connectivity index (χ3v) is 5.53. The van der Waals surface area contributed by atoms with E-state index in [9.17, 15) is 22.8 Å². The maximum atomic E-state index is 13.0. The number of rotatable bonds is 7. The Hall–Kier alpha value is -3.99. The largest absolute Gasteiger partial charge is 0.416 e. The number of carbonyl (C=O) groups excluding carboxylic acids is 2. The monoisotopic (exact) mass is 485 g/mol. The van der Waals surface area contributed by atoms with E-state index in [1.807, 2.05) is 0 Å². The van der Waals surface area contributed by atoms with E-state index in [4.69, 9.17) is 0 Å². The van der Waals surface area contributed by atoms with E-state index in [1.54, 1.807) is 46.9 Å². The van der Waals surface area contributed by atoms with Gasteiger partial charge >= 0.3 is 6.18 Å². The summed E-state index contributed by atoms with van der Waals surface area (Å²) in [5.74, 6) is -0.670. The highest BCUT2D eigenvalue weighted by Crippen LogP contribution is 2.33. The minimum atomic E-state index is -4.46. The molecule has 2 N–H and O–H groups in total. The fourth-order valence-electron chi connectivity index (χ4n) is 3.10. The zero-order valence-electron chi connectivity index (χ0n) is 17.5. The first-order valence-electron chi connectivity index (χ1n) is 10.1. The van der Waals surface area contributed by atoms with Crippen LogP contribution >= 0.6 is 11.3 Å². The van der Waals surface area contributed by atoms with Crippen molar-refractivity contribution in [3.8, 4) is 11.3 Å². The van der Waals surface area contributed by atoms with Crippen LogP contribution in [-0.2, 0) is 17.5 Å². The van der Waals surface area contributed by atoms with Crippen LogP contribution in [0, 0.1) is 0 Å². The van der Waals surface area contributed by atoms with Crippen LogP contribution in [-0.4, -0.2) is 26.3 Å². The zero-order chi connectivity index (χ0) is 24.1. The van der Waals surface area contributed by atoms with Crippen LogP contribution < -0.4 is 10.6 Å². The number of benzene rings is 2. The number of aryl methyl sites for hydroxylation is 1. The lowest BCUT2D eigenvalue weighted by atomic mass is 10.1. The van der Waals surface area contributed by atoms with Gasteiger partial charge in [-0.05, 0) is 30.3 Å². The summed E-state index contributed by atoms with van der Waals surface area (Å²) in [6.07, 6.45) is 0.794. The van der Waals surface area contributed by atoms with Gasteiger partial charge < -0.3 is 9.88 Å². The highest BCUT2D eigenvalue weighted by atomic mass is 32.1. The first kappa shape index (κ1) is 23.2. The Bertz CT molecular complexity index is 1300. The molecule has 11 heteroatoms. The highest BCUT2D eigenvalue weighted by molar-refractivity contribution is 7.14. The number of nitrogens with zero attached hydrogens (tertiary/aromatic N) is 3. The Labute approximate surface area is 196 Å². The molecule has 0 aliphatic carbocycles. The number of hydrogen-bond donors (Lipinski definition) is 2. The third kappa shape index (κ3) is 5.87. The molecule has 0 saturated carbocycles. The van der Waals surface area contributed by atoms with Crippen molar-refractivity contribution in [3.63, 3.8) is 0 Å². The van der Waals surface area contributed by atoms with Crippen molar-refractivity contribution in [2.24, 2.45) is 0 Å². The van der Waals surface area contributed by atoms with E-state index < -0.39 is 17.6 Å². The second-order valence-corrected chi connectivity index (χ2v) is 8.11. The molecule has 2 heterocycles. The normalized spacial score (nSPS) is 11.3. The van der Waals surface area contributed by atoms with Crippen LogP contribution in [0.3, 0.4) is 0 Å². The molecule has 34 heavy (non-hydrogen) atoms. The van der Waals surface area contributed by atoms with Gasteiger partial charge in [-0.1, -0.05) is 18.2 Å². The van der Waals surface area contributed by atoms with Crippen molar-refractivity contribution in [2.45, 2.75) is 19.1 Å². The van der Waals surface area contributed by atoms with E-state index >= 15 is 0 Å². The predicted molar refractivity (Wildman–Crippen MR) is 122 cm³/mol. The van der Waals surface area contributed by atoms with E-state index in [0.29, 0.717) is 29.1 Å². The van der Waals surface area contributed by atoms with E-state index in [0.717, 1.165) is 23.5 Å². The molecule has 0 fully saturated rings. The third-order valence-electron chi connectivity index (χ3n) is 4.78. The maximum Gasteiger partial charge on any atom is 0.416 e. The Balaban J connectivity index is 1.39. The predicted octanol–water partition coefficient (Wildman–Crippen LogP) is 5.31. The van der Waals surface area contributed by atoms with Gasteiger partial charge in [0.25, 0.3) is 5.91 Å². The van der Waals surface area contributed by atoms with Crippen molar-refractivity contribution in [2.75, 3.05) is 10.6 Å². The first-order valence-corrected chi connectivity index (χ1v) is 11.0. The highest BCUT2D eigenvalue weighted by Gasteiger charge is 2.30. The van der Waals surface area contributed by atoms with Gasteiger partial charge in [0.15, 0.2) is 5.13 Å². The number of hydrogen-bond acceptors (Lipinski definition) is 5. The molecule has 0 radical (unpaired) electrons. The van der Waals surface area contributed by atoms with Gasteiger partial charge in [0.05, 0.1) is 17.6 Å². The Morgan fingerprint density at radius 2 is 1.88 bits per heavy atom. The van der Waals surface area contributed by atoms with Crippen LogP contribution in [0.4, 0.5) is 24.0 Å². The minimum absolute atomic E-state index is 0.211. The molecule has 7 nitrogen and oxygen atoms in total. The fraction of sp³-hybridized carbons (Fsp3) is 0.130. The van der Waals surface area contributed by atoms with Crippen LogP contribution in [0.15, 0.2) is 72.6 Å². The molecule has 4 aromatic rings. The van der Waals surface area contributed by atoms with E-state index in [-0.39, 0.29) is 17.5 Å². The number of imidazole rings is 1. The van der Waals surface area contributed by atoms with Gasteiger partial charge in [-0.15, -0.1) is 11.3 Å². The van der Waals surface area contributed by atoms with Crippen molar-refractivity contribution in [1.29, 1.82) is 0 Å². The van der Waals surface area contributed by atoms with Gasteiger partial charge in [-0.3, -0.25) is 14.9 Å². The number of aromatic nitrogens is 3. The van der Waals surface area contributed by atoms with Crippen molar-refractivity contribution < 1.29 is 22.8 Å². The second kappa shape index (κ2) is 9.87. The van der Waals surface area contributed by atoms with Gasteiger partial charge in [0.2, 0.25) is 5.91 Å². The molecule has 2 aromatic heterocycles. The Morgan fingerprint density at radius 3 is 2.65 bits per heavy atom. The average molecular weight is 485 g/mol. The fourth-order valence-corrected chi connectivity index (χ4v) is 3.81. The first-order chi connectivity index (χ1) is 16.3. The van der Waals surface area contributed by atoms with E-state index in [1.165, 1.54) is 18.2 Å². The van der Waals surface area contributed by atoms with E-state index in [2.05, 4.69) is 20.6 Å². The molecule has 0 spiro atoms. The molecule has 0 saturated heterocycles. The molecule has 0 atom stereocenters. The van der Waals surface area contributed by atoms with Crippen molar-refractivity contribution in [3.05, 3.63) is 83.8 Å². The molecule has 174 valence electrons. The summed E-state index contributed by atoms with van der Waals surface area (Å²) in [5, 5.41) is 7.20. The summed E-state index contributed by atoms with van der Waals surface area (Å²) >= 11 is 1.10. The molecule has 0 bridgehead atoms. The molecule has 2 amide bonds. The lowest BCUT2D eigenvalue weighted by Crippen LogP contribution is -2.15. The number of carbonyl (C=O) groups is 2. The lowest BCUT2D eigenvalue weighted by molar-refractivity contribution is -0.137. The maximum absolute atomic E-state index is 13.0. The Morgan fingerprint density at radius 1 is 1.06 bits per heavy atom. The summed E-state index contributed by atoms with van der Waals surface area (Å²) in [4.78, 5) is 33.0. The second-order valence-electron chi connectivity index (χ2n) is 7.25. The number of halogens is 3. The summed E-state index contributed by atoms with van der Waals surface area (Å²) in [6, 6.07) is 11.3. The number of alkyl halides is 3. The number of anilines is 2. The van der Waals surface area contributed by atoms with Gasteiger partial charge in [-0.2, -0.15) is 13.2 Å². The van der Waals surface area contributed by atoms with Gasteiger partial charge in [0.1, 0.15) is 0 Å². The topological polar surface area (TPSA) is 88.9 Å². The van der Waals surface area contributed by atoms with Crippen molar-refractivity contribution >= 4 is 34.0 Å². The van der Waals surface area contributed by atoms with Gasteiger partial charge in [0, 0.05) is 47.6 Å². The molecule has 4 rings (SSSR count). The number of amides is 2. The number of nitrogens with one attached hydrogen (secondary N) is 2. The molecular formula is C23H18F3N5O2S. The van der Waals surface area contributed by atoms with Gasteiger partial charge in [-0.25, -0.2) is 9.97 Å². The average Bonchev–Trinajstić information content (AvgIpc) is 3.50. The summed E-state index contributed by atoms with van der Waals surface area (Å²) in [5.41, 5.74) is 0.611. The van der Waals surface area contributed by atoms with Crippen molar-refractivity contribution in [1.82, 2.24) is 14.5 Å². The molecule has 0 aliphatic rings. The molecule has 2 aromatic carbocycles. The van der Waals surface area contributed by atoms with Crippen LogP contribution in [0.1, 0.15) is 22.3 Å². The SMILES string of the molecule is O=C(CCn1ccnc1)Nc1cccc(C(=O)Nc2nc(-c3cccc(C(F)(F)F)c3)cs2)c1. The van der Waals surface area contributed by atoms with Crippen LogP contribution in [0.25, 0.3) is 11.3 Å². The summed E-state index contributed by atoms with van der Waals surface area (Å²) in [6.45, 7) is 0.476. The molecule has 0 aliphatic heterocycles. The van der Waals surface area contributed by atoms with Crippen LogP contribution in [0.5, 0.6) is 0 Å². The standard InChI is InChI=1S/C23H18F3N5O2S/c24-23(25,26)17-5-1-3-15(11-17)19-13-34-22(29-19)30-21(33)16-4-2-6-18(12-16)28-20(32)7-9-31-10-8-27-14-31/h1-6,8,10-14H,7,9H2,(H,28,32)(H,29,30,33).